The summed E-state index contributed by atoms with van der Waals surface area (Å²) < 4.78 is 7.62. The zero-order valence-electron chi connectivity index (χ0n) is 17.0. The number of anilines is 1. The quantitative estimate of drug-likeness (QED) is 0.484. The molecule has 0 unspecified atom stereocenters. The molecule has 3 heterocycles. The summed E-state index contributed by atoms with van der Waals surface area (Å²) in [5.41, 5.74) is 4.88. The van der Waals surface area contributed by atoms with E-state index in [-0.39, 0.29) is 5.63 Å². The van der Waals surface area contributed by atoms with E-state index >= 15 is 0 Å². The maximum absolute atomic E-state index is 12.8. The van der Waals surface area contributed by atoms with Crippen LogP contribution in [0.1, 0.15) is 37.1 Å². The summed E-state index contributed by atoms with van der Waals surface area (Å²) in [5.74, 6) is 0. The lowest BCUT2D eigenvalue weighted by molar-refractivity contribution is 0.562. The third kappa shape index (κ3) is 3.09. The summed E-state index contributed by atoms with van der Waals surface area (Å²) in [6.07, 6.45) is 8.78. The number of rotatable bonds is 3. The van der Waals surface area contributed by atoms with E-state index in [9.17, 15) is 4.79 Å². The predicted octanol–water partition coefficient (Wildman–Crippen LogP) is 4.50. The van der Waals surface area contributed by atoms with Gasteiger partial charge < -0.3 is 13.7 Å². The number of aromatic nitrogens is 3. The van der Waals surface area contributed by atoms with Crippen molar-refractivity contribution in [3.63, 3.8) is 0 Å². The number of benzene rings is 1. The standard InChI is InChI=1S/C23H24N4O2/c1-14-12-27-13-20(25-22(27)15(2)24-14)19-10-16-8-9-18(11-21(16)29-23(19)28)26(3)17-6-4-5-7-17/h8-13,17H,4-7H2,1-3H3. The number of hydrogen-bond acceptors (Lipinski definition) is 5. The molecule has 0 bridgehead atoms. The fourth-order valence-electron chi connectivity index (χ4n) is 4.43. The molecule has 0 saturated heterocycles. The van der Waals surface area contributed by atoms with Gasteiger partial charge in [-0.3, -0.25) is 4.98 Å². The van der Waals surface area contributed by atoms with Crippen LogP contribution in [0, 0.1) is 13.8 Å². The van der Waals surface area contributed by atoms with Crippen molar-refractivity contribution in [1.82, 2.24) is 14.4 Å². The van der Waals surface area contributed by atoms with Gasteiger partial charge >= 0.3 is 5.63 Å². The second-order valence-corrected chi connectivity index (χ2v) is 8.04. The normalized spacial score (nSPS) is 14.9. The van der Waals surface area contributed by atoms with Gasteiger partial charge in [-0.1, -0.05) is 12.8 Å². The van der Waals surface area contributed by atoms with Crippen LogP contribution >= 0.6 is 0 Å². The summed E-state index contributed by atoms with van der Waals surface area (Å²) in [5, 5.41) is 0.895. The molecule has 0 radical (unpaired) electrons. The molecule has 148 valence electrons. The van der Waals surface area contributed by atoms with E-state index in [1.54, 1.807) is 0 Å². The molecule has 5 rings (SSSR count). The molecule has 29 heavy (non-hydrogen) atoms. The lowest BCUT2D eigenvalue weighted by atomic mass is 10.1. The Bertz CT molecular complexity index is 1280. The molecule has 0 spiro atoms. The van der Waals surface area contributed by atoms with Crippen LogP contribution in [0.4, 0.5) is 5.69 Å². The van der Waals surface area contributed by atoms with Crippen molar-refractivity contribution in [2.45, 2.75) is 45.6 Å². The summed E-state index contributed by atoms with van der Waals surface area (Å²) >= 11 is 0. The Hall–Kier alpha value is -3.15. The van der Waals surface area contributed by atoms with Crippen molar-refractivity contribution in [2.75, 3.05) is 11.9 Å². The minimum absolute atomic E-state index is 0.371. The molecule has 0 N–H and O–H groups in total. The molecule has 6 heteroatoms. The average Bonchev–Trinajstić information content (AvgIpc) is 3.36. The van der Waals surface area contributed by atoms with Gasteiger partial charge in [0.2, 0.25) is 0 Å². The van der Waals surface area contributed by atoms with Crippen LogP contribution in [-0.2, 0) is 0 Å². The van der Waals surface area contributed by atoms with Gasteiger partial charge in [-0.05, 0) is 44.9 Å². The molecule has 1 saturated carbocycles. The van der Waals surface area contributed by atoms with E-state index in [2.05, 4.69) is 28.0 Å². The van der Waals surface area contributed by atoms with Crippen LogP contribution in [0.15, 0.2) is 45.9 Å². The molecule has 0 amide bonds. The minimum Gasteiger partial charge on any atom is -0.422 e. The Morgan fingerprint density at radius 2 is 1.90 bits per heavy atom. The monoisotopic (exact) mass is 388 g/mol. The Morgan fingerprint density at radius 1 is 1.10 bits per heavy atom. The van der Waals surface area contributed by atoms with Crippen molar-refractivity contribution < 1.29 is 4.42 Å². The maximum Gasteiger partial charge on any atom is 0.345 e. The second-order valence-electron chi connectivity index (χ2n) is 8.04. The average molecular weight is 388 g/mol. The first kappa shape index (κ1) is 17.9. The van der Waals surface area contributed by atoms with Gasteiger partial charge in [-0.15, -0.1) is 0 Å². The van der Waals surface area contributed by atoms with Crippen LogP contribution in [0.5, 0.6) is 0 Å². The smallest absolute Gasteiger partial charge is 0.345 e. The highest BCUT2D eigenvalue weighted by molar-refractivity contribution is 5.84. The molecule has 1 fully saturated rings. The lowest BCUT2D eigenvalue weighted by Gasteiger charge is -2.26. The topological polar surface area (TPSA) is 63.6 Å². The first-order valence-corrected chi connectivity index (χ1v) is 10.1. The van der Waals surface area contributed by atoms with E-state index in [1.165, 1.54) is 25.7 Å². The Morgan fingerprint density at radius 3 is 2.69 bits per heavy atom. The minimum atomic E-state index is -0.371. The van der Waals surface area contributed by atoms with Crippen molar-refractivity contribution in [2.24, 2.45) is 0 Å². The first-order valence-electron chi connectivity index (χ1n) is 10.1. The van der Waals surface area contributed by atoms with E-state index in [4.69, 9.17) is 4.42 Å². The van der Waals surface area contributed by atoms with E-state index in [1.807, 2.05) is 48.8 Å². The third-order valence-electron chi connectivity index (χ3n) is 6.00. The largest absolute Gasteiger partial charge is 0.422 e. The maximum atomic E-state index is 12.8. The Labute approximate surface area is 168 Å². The molecule has 1 aliphatic carbocycles. The first-order chi connectivity index (χ1) is 14.0. The highest BCUT2D eigenvalue weighted by Crippen LogP contribution is 2.30. The van der Waals surface area contributed by atoms with E-state index in [0.29, 0.717) is 22.9 Å². The van der Waals surface area contributed by atoms with Crippen molar-refractivity contribution in [3.05, 3.63) is 58.5 Å². The fraction of sp³-hybridized carbons (Fsp3) is 0.348. The molecule has 0 aliphatic heterocycles. The highest BCUT2D eigenvalue weighted by Gasteiger charge is 2.20. The summed E-state index contributed by atoms with van der Waals surface area (Å²) in [6, 6.07) is 8.54. The Kier molecular flexibility index (Phi) is 4.15. The highest BCUT2D eigenvalue weighted by atomic mass is 16.4. The van der Waals surface area contributed by atoms with Crippen LogP contribution in [0.3, 0.4) is 0 Å². The van der Waals surface area contributed by atoms with Crippen LogP contribution in [0.25, 0.3) is 27.9 Å². The second kappa shape index (κ2) is 6.72. The number of imidazole rings is 1. The molecule has 6 nitrogen and oxygen atoms in total. The van der Waals surface area contributed by atoms with E-state index < -0.39 is 0 Å². The van der Waals surface area contributed by atoms with Crippen LogP contribution in [-0.4, -0.2) is 27.5 Å². The number of nitrogens with zero attached hydrogens (tertiary/aromatic N) is 4. The number of fused-ring (bicyclic) bond motifs is 2. The molecule has 0 atom stereocenters. The third-order valence-corrected chi connectivity index (χ3v) is 6.00. The fourth-order valence-corrected chi connectivity index (χ4v) is 4.43. The van der Waals surface area contributed by atoms with Crippen LogP contribution in [0.2, 0.25) is 0 Å². The predicted molar refractivity (Wildman–Crippen MR) is 115 cm³/mol. The molecule has 1 aliphatic rings. The number of aryl methyl sites for hydroxylation is 2. The van der Waals surface area contributed by atoms with Gasteiger partial charge in [-0.2, -0.15) is 0 Å². The SMILES string of the molecule is Cc1cn2cc(-c3cc4ccc(N(C)C5CCCC5)cc4oc3=O)nc2c(C)n1. The van der Waals surface area contributed by atoms with Gasteiger partial charge in [0.05, 0.1) is 22.6 Å². The zero-order chi connectivity index (χ0) is 20.1. The van der Waals surface area contributed by atoms with Gasteiger partial charge in [0, 0.05) is 42.6 Å². The van der Waals surface area contributed by atoms with Crippen molar-refractivity contribution in [3.8, 4) is 11.3 Å². The summed E-state index contributed by atoms with van der Waals surface area (Å²) in [4.78, 5) is 24.1. The molecule has 4 aromatic rings. The summed E-state index contributed by atoms with van der Waals surface area (Å²) in [7, 11) is 2.12. The summed E-state index contributed by atoms with van der Waals surface area (Å²) in [6.45, 7) is 3.86. The molecule has 3 aromatic heterocycles. The van der Waals surface area contributed by atoms with Gasteiger partial charge in [0.1, 0.15) is 5.58 Å². The van der Waals surface area contributed by atoms with Crippen molar-refractivity contribution in [1.29, 1.82) is 0 Å². The van der Waals surface area contributed by atoms with Gasteiger partial charge in [0.15, 0.2) is 5.65 Å². The molecular formula is C23H24N4O2. The van der Waals surface area contributed by atoms with Gasteiger partial charge in [-0.25, -0.2) is 9.78 Å². The molecule has 1 aromatic carbocycles. The lowest BCUT2D eigenvalue weighted by Crippen LogP contribution is -2.28. The zero-order valence-corrected chi connectivity index (χ0v) is 17.0. The molecular weight excluding hydrogens is 364 g/mol. The Balaban J connectivity index is 1.57. The van der Waals surface area contributed by atoms with E-state index in [0.717, 1.165) is 28.1 Å². The van der Waals surface area contributed by atoms with Gasteiger partial charge in [0.25, 0.3) is 0 Å². The van der Waals surface area contributed by atoms with Crippen LogP contribution < -0.4 is 10.5 Å². The van der Waals surface area contributed by atoms with Crippen molar-refractivity contribution >= 4 is 22.3 Å². The number of hydrogen-bond donors (Lipinski definition) is 0.